The Labute approximate surface area is 149 Å². The van der Waals surface area contributed by atoms with E-state index in [1.165, 1.54) is 38.5 Å². The summed E-state index contributed by atoms with van der Waals surface area (Å²) in [6.45, 7) is 2.00. The van der Waals surface area contributed by atoms with Gasteiger partial charge in [0.05, 0.1) is 0 Å². The first-order valence-corrected chi connectivity index (χ1v) is 9.77. The van der Waals surface area contributed by atoms with Crippen molar-refractivity contribution >= 4 is 11.7 Å². The summed E-state index contributed by atoms with van der Waals surface area (Å²) in [5.41, 5.74) is 0.776. The molecule has 1 atom stereocenters. The number of rotatable bonds is 3. The average Bonchev–Trinajstić information content (AvgIpc) is 3.11. The fourth-order valence-electron chi connectivity index (χ4n) is 4.47. The maximum absolute atomic E-state index is 12.8. The molecule has 1 aromatic carbocycles. The van der Waals surface area contributed by atoms with Gasteiger partial charge in [0.1, 0.15) is 13.2 Å². The standard InChI is InChI=1S/C20H28N2O3/c23-20(21-16-8-9-18-19(14-16)25-12-11-24-18)22-10-4-7-17(22)13-15-5-2-1-3-6-15/h8-9,14-15,17H,1-7,10-13H2,(H,21,23). The molecule has 5 nitrogen and oxygen atoms in total. The molecular formula is C20H28N2O3. The summed E-state index contributed by atoms with van der Waals surface area (Å²) in [6.07, 6.45) is 10.2. The number of nitrogens with one attached hydrogen (secondary N) is 1. The first kappa shape index (κ1) is 16.6. The molecule has 2 aliphatic heterocycles. The molecule has 2 amide bonds. The van der Waals surface area contributed by atoms with Crippen LogP contribution in [0, 0.1) is 5.92 Å². The summed E-state index contributed by atoms with van der Waals surface area (Å²) in [5.74, 6) is 2.27. The number of benzene rings is 1. The van der Waals surface area contributed by atoms with Crippen LogP contribution in [0.3, 0.4) is 0 Å². The summed E-state index contributed by atoms with van der Waals surface area (Å²) in [6, 6.07) is 6.04. The zero-order valence-electron chi connectivity index (χ0n) is 14.8. The number of nitrogens with zero attached hydrogens (tertiary/aromatic N) is 1. The molecule has 136 valence electrons. The number of ether oxygens (including phenoxy) is 2. The largest absolute Gasteiger partial charge is 0.486 e. The first-order valence-electron chi connectivity index (χ1n) is 9.77. The molecule has 2 fully saturated rings. The third kappa shape index (κ3) is 3.86. The van der Waals surface area contributed by atoms with Crippen molar-refractivity contribution in [3.05, 3.63) is 18.2 Å². The molecule has 1 saturated carbocycles. The van der Waals surface area contributed by atoms with E-state index >= 15 is 0 Å². The van der Waals surface area contributed by atoms with E-state index in [-0.39, 0.29) is 6.03 Å². The number of carbonyl (C=O) groups is 1. The predicted octanol–water partition coefficient (Wildman–Crippen LogP) is 4.42. The van der Waals surface area contributed by atoms with E-state index in [4.69, 9.17) is 9.47 Å². The SMILES string of the molecule is O=C(Nc1ccc2c(c1)OCCO2)N1CCCC1CC1CCCCC1. The van der Waals surface area contributed by atoms with E-state index in [2.05, 4.69) is 5.32 Å². The van der Waals surface area contributed by atoms with Gasteiger partial charge in [-0.3, -0.25) is 0 Å². The second-order valence-corrected chi connectivity index (χ2v) is 7.52. The van der Waals surface area contributed by atoms with Gasteiger partial charge in [0.15, 0.2) is 11.5 Å². The highest BCUT2D eigenvalue weighted by molar-refractivity contribution is 5.90. The second kappa shape index (κ2) is 7.54. The molecular weight excluding hydrogens is 316 g/mol. The highest BCUT2D eigenvalue weighted by Crippen LogP contribution is 2.34. The van der Waals surface area contributed by atoms with Crippen LogP contribution in [-0.2, 0) is 0 Å². The molecule has 4 rings (SSSR count). The van der Waals surface area contributed by atoms with Gasteiger partial charge in [-0.05, 0) is 37.3 Å². The maximum atomic E-state index is 12.8. The highest BCUT2D eigenvalue weighted by Gasteiger charge is 2.31. The molecule has 25 heavy (non-hydrogen) atoms. The van der Waals surface area contributed by atoms with Gasteiger partial charge in [0.25, 0.3) is 0 Å². The lowest BCUT2D eigenvalue weighted by molar-refractivity contribution is 0.171. The second-order valence-electron chi connectivity index (χ2n) is 7.52. The third-order valence-corrected chi connectivity index (χ3v) is 5.76. The number of carbonyl (C=O) groups excluding carboxylic acids is 1. The highest BCUT2D eigenvalue weighted by atomic mass is 16.6. The zero-order chi connectivity index (χ0) is 17.1. The lowest BCUT2D eigenvalue weighted by atomic mass is 9.84. The molecule has 1 unspecified atom stereocenters. The van der Waals surface area contributed by atoms with Crippen LogP contribution >= 0.6 is 0 Å². The van der Waals surface area contributed by atoms with Crippen LogP contribution in [0.4, 0.5) is 10.5 Å². The van der Waals surface area contributed by atoms with Crippen LogP contribution in [0.25, 0.3) is 0 Å². The minimum absolute atomic E-state index is 0.0231. The van der Waals surface area contributed by atoms with Crippen molar-refractivity contribution < 1.29 is 14.3 Å². The van der Waals surface area contributed by atoms with Crippen molar-refractivity contribution in [1.82, 2.24) is 4.90 Å². The first-order chi connectivity index (χ1) is 12.3. The number of hydrogen-bond donors (Lipinski definition) is 1. The molecule has 0 spiro atoms. The van der Waals surface area contributed by atoms with E-state index in [9.17, 15) is 4.79 Å². The molecule has 5 heteroatoms. The summed E-state index contributed by atoms with van der Waals surface area (Å²) in [7, 11) is 0. The number of amides is 2. The lowest BCUT2D eigenvalue weighted by Crippen LogP contribution is -2.39. The van der Waals surface area contributed by atoms with Crippen LogP contribution in [-0.4, -0.2) is 36.7 Å². The van der Waals surface area contributed by atoms with Crippen molar-refractivity contribution in [3.63, 3.8) is 0 Å². The van der Waals surface area contributed by atoms with Crippen LogP contribution in [0.15, 0.2) is 18.2 Å². The van der Waals surface area contributed by atoms with Gasteiger partial charge in [-0.1, -0.05) is 32.1 Å². The fourth-order valence-corrected chi connectivity index (χ4v) is 4.47. The fraction of sp³-hybridized carbons (Fsp3) is 0.650. The molecule has 1 saturated heterocycles. The quantitative estimate of drug-likeness (QED) is 0.883. The number of urea groups is 1. The van der Waals surface area contributed by atoms with E-state index in [0.717, 1.165) is 36.7 Å². The van der Waals surface area contributed by atoms with Gasteiger partial charge in [-0.2, -0.15) is 0 Å². The van der Waals surface area contributed by atoms with Gasteiger partial charge in [0.2, 0.25) is 0 Å². The van der Waals surface area contributed by atoms with Crippen molar-refractivity contribution in [1.29, 1.82) is 0 Å². The number of hydrogen-bond acceptors (Lipinski definition) is 3. The Bertz CT molecular complexity index is 613. The molecule has 3 aliphatic rings. The Kier molecular flexibility index (Phi) is 4.99. The van der Waals surface area contributed by atoms with Crippen LogP contribution < -0.4 is 14.8 Å². The normalized spacial score (nSPS) is 23.5. The minimum Gasteiger partial charge on any atom is -0.486 e. The Morgan fingerprint density at radius 2 is 1.84 bits per heavy atom. The van der Waals surface area contributed by atoms with Crippen LogP contribution in [0.1, 0.15) is 51.4 Å². The molecule has 0 radical (unpaired) electrons. The number of anilines is 1. The molecule has 0 aromatic heterocycles. The smallest absolute Gasteiger partial charge is 0.322 e. The summed E-state index contributed by atoms with van der Waals surface area (Å²) >= 11 is 0. The summed E-state index contributed by atoms with van der Waals surface area (Å²) in [4.78, 5) is 14.8. The number of fused-ring (bicyclic) bond motifs is 1. The topological polar surface area (TPSA) is 50.8 Å². The maximum Gasteiger partial charge on any atom is 0.322 e. The van der Waals surface area contributed by atoms with E-state index in [1.807, 2.05) is 23.1 Å². The van der Waals surface area contributed by atoms with Crippen molar-refractivity contribution in [2.24, 2.45) is 5.92 Å². The summed E-state index contributed by atoms with van der Waals surface area (Å²) < 4.78 is 11.1. The van der Waals surface area contributed by atoms with Crippen LogP contribution in [0.2, 0.25) is 0 Å². The van der Waals surface area contributed by atoms with E-state index in [1.54, 1.807) is 0 Å². The van der Waals surface area contributed by atoms with Crippen molar-refractivity contribution in [2.45, 2.75) is 57.4 Å². The molecule has 1 aliphatic carbocycles. The minimum atomic E-state index is 0.0231. The number of likely N-dealkylation sites (tertiary alicyclic amines) is 1. The van der Waals surface area contributed by atoms with Gasteiger partial charge in [0, 0.05) is 24.3 Å². The lowest BCUT2D eigenvalue weighted by Gasteiger charge is -2.30. The van der Waals surface area contributed by atoms with Gasteiger partial charge in [-0.25, -0.2) is 4.79 Å². The Hall–Kier alpha value is -1.91. The van der Waals surface area contributed by atoms with Crippen molar-refractivity contribution in [3.8, 4) is 11.5 Å². The van der Waals surface area contributed by atoms with E-state index < -0.39 is 0 Å². The third-order valence-electron chi connectivity index (χ3n) is 5.76. The monoisotopic (exact) mass is 344 g/mol. The zero-order valence-corrected chi connectivity index (χ0v) is 14.8. The molecule has 1 N–H and O–H groups in total. The Morgan fingerprint density at radius 3 is 2.68 bits per heavy atom. The van der Waals surface area contributed by atoms with Gasteiger partial charge < -0.3 is 19.7 Å². The average molecular weight is 344 g/mol. The van der Waals surface area contributed by atoms with E-state index in [0.29, 0.717) is 25.0 Å². The Morgan fingerprint density at radius 1 is 1.04 bits per heavy atom. The molecule has 2 heterocycles. The predicted molar refractivity (Wildman–Crippen MR) is 97.4 cm³/mol. The molecule has 0 bridgehead atoms. The molecule has 1 aromatic rings. The summed E-state index contributed by atoms with van der Waals surface area (Å²) in [5, 5.41) is 3.05. The van der Waals surface area contributed by atoms with Gasteiger partial charge in [-0.15, -0.1) is 0 Å². The Balaban J connectivity index is 1.37. The van der Waals surface area contributed by atoms with Gasteiger partial charge >= 0.3 is 6.03 Å². The van der Waals surface area contributed by atoms with Crippen molar-refractivity contribution in [2.75, 3.05) is 25.1 Å². The van der Waals surface area contributed by atoms with Crippen LogP contribution in [0.5, 0.6) is 11.5 Å².